The third-order valence-corrected chi connectivity index (χ3v) is 3.53. The summed E-state index contributed by atoms with van der Waals surface area (Å²) in [6.45, 7) is 3.99. The molecule has 1 fully saturated rings. The molecule has 6 heteroatoms. The third-order valence-electron chi connectivity index (χ3n) is 3.53. The van der Waals surface area contributed by atoms with Gasteiger partial charge in [-0.3, -0.25) is 19.2 Å². The van der Waals surface area contributed by atoms with Gasteiger partial charge < -0.3 is 5.32 Å². The summed E-state index contributed by atoms with van der Waals surface area (Å²) >= 11 is 0. The molecular formula is C13H20N4O2. The molecule has 2 heterocycles. The Morgan fingerprint density at radius 3 is 2.63 bits per heavy atom. The van der Waals surface area contributed by atoms with Gasteiger partial charge >= 0.3 is 0 Å². The SMILES string of the molecule is CCC(CC)N1C(=O)CC(Nc2ccn(C)n2)C1=O. The van der Waals surface area contributed by atoms with E-state index in [4.69, 9.17) is 0 Å². The molecule has 0 bridgehead atoms. The lowest BCUT2D eigenvalue weighted by Gasteiger charge is -2.24. The largest absolute Gasteiger partial charge is 0.356 e. The minimum absolute atomic E-state index is 0.00975. The number of carbonyl (C=O) groups excluding carboxylic acids is 2. The highest BCUT2D eigenvalue weighted by molar-refractivity contribution is 6.07. The van der Waals surface area contributed by atoms with Crippen LogP contribution in [0.25, 0.3) is 0 Å². The van der Waals surface area contributed by atoms with Crippen LogP contribution < -0.4 is 5.32 Å². The maximum Gasteiger partial charge on any atom is 0.252 e. The van der Waals surface area contributed by atoms with Gasteiger partial charge in [0.2, 0.25) is 5.91 Å². The highest BCUT2D eigenvalue weighted by Crippen LogP contribution is 2.22. The Morgan fingerprint density at radius 1 is 1.42 bits per heavy atom. The first kappa shape index (κ1) is 13.6. The number of amides is 2. The molecule has 1 unspecified atom stereocenters. The van der Waals surface area contributed by atoms with Gasteiger partial charge in [0.05, 0.1) is 6.42 Å². The Hall–Kier alpha value is -1.85. The number of rotatable bonds is 5. The number of imide groups is 1. The number of likely N-dealkylation sites (tertiary alicyclic amines) is 1. The summed E-state index contributed by atoms with van der Waals surface area (Å²) in [7, 11) is 1.81. The van der Waals surface area contributed by atoms with Crippen molar-refractivity contribution in [1.29, 1.82) is 0 Å². The molecule has 0 radical (unpaired) electrons. The summed E-state index contributed by atoms with van der Waals surface area (Å²) in [4.78, 5) is 25.7. The number of hydrogen-bond acceptors (Lipinski definition) is 4. The second-order valence-electron chi connectivity index (χ2n) is 4.85. The van der Waals surface area contributed by atoms with Gasteiger partial charge in [0.1, 0.15) is 11.9 Å². The van der Waals surface area contributed by atoms with Crippen LogP contribution in [0.4, 0.5) is 5.82 Å². The molecule has 2 amide bonds. The van der Waals surface area contributed by atoms with Crippen LogP contribution in [0.3, 0.4) is 0 Å². The number of hydrogen-bond donors (Lipinski definition) is 1. The van der Waals surface area contributed by atoms with Crippen LogP contribution >= 0.6 is 0 Å². The van der Waals surface area contributed by atoms with Crippen molar-refractivity contribution in [3.63, 3.8) is 0 Å². The van der Waals surface area contributed by atoms with Crippen molar-refractivity contribution in [2.75, 3.05) is 5.32 Å². The molecule has 104 valence electrons. The zero-order valence-electron chi connectivity index (χ0n) is 11.6. The van der Waals surface area contributed by atoms with E-state index in [2.05, 4.69) is 10.4 Å². The van der Waals surface area contributed by atoms with Crippen LogP contribution in [0.2, 0.25) is 0 Å². The van der Waals surface area contributed by atoms with Crippen molar-refractivity contribution in [2.45, 2.75) is 45.2 Å². The molecule has 1 aliphatic heterocycles. The summed E-state index contributed by atoms with van der Waals surface area (Å²) < 4.78 is 1.66. The zero-order valence-corrected chi connectivity index (χ0v) is 11.6. The molecule has 0 aromatic carbocycles. The van der Waals surface area contributed by atoms with Gasteiger partial charge in [0.25, 0.3) is 5.91 Å². The van der Waals surface area contributed by atoms with Crippen molar-refractivity contribution in [2.24, 2.45) is 7.05 Å². The highest BCUT2D eigenvalue weighted by atomic mass is 16.2. The normalized spacial score (nSPS) is 19.6. The number of nitrogens with one attached hydrogen (secondary N) is 1. The van der Waals surface area contributed by atoms with E-state index in [9.17, 15) is 9.59 Å². The summed E-state index contributed by atoms with van der Waals surface area (Å²) in [6, 6.07) is 1.32. The average molecular weight is 264 g/mol. The van der Waals surface area contributed by atoms with E-state index in [1.54, 1.807) is 16.9 Å². The number of anilines is 1. The predicted molar refractivity (Wildman–Crippen MR) is 71.5 cm³/mol. The molecule has 0 aliphatic carbocycles. The van der Waals surface area contributed by atoms with E-state index in [0.29, 0.717) is 5.82 Å². The van der Waals surface area contributed by atoms with Crippen LogP contribution in [0.1, 0.15) is 33.1 Å². The number of aryl methyl sites for hydroxylation is 1. The number of nitrogens with zero attached hydrogens (tertiary/aromatic N) is 3. The molecule has 1 aliphatic rings. The zero-order chi connectivity index (χ0) is 14.0. The molecule has 1 aromatic heterocycles. The minimum atomic E-state index is -0.483. The first-order chi connectivity index (χ1) is 9.06. The number of carbonyl (C=O) groups is 2. The minimum Gasteiger partial charge on any atom is -0.356 e. The molecule has 19 heavy (non-hydrogen) atoms. The highest BCUT2D eigenvalue weighted by Gasteiger charge is 2.41. The van der Waals surface area contributed by atoms with E-state index in [1.807, 2.05) is 20.9 Å². The Morgan fingerprint density at radius 2 is 2.11 bits per heavy atom. The van der Waals surface area contributed by atoms with Gasteiger partial charge in [-0.15, -0.1) is 0 Å². The summed E-state index contributed by atoms with van der Waals surface area (Å²) in [5, 5.41) is 7.20. The maximum absolute atomic E-state index is 12.3. The molecule has 1 aromatic rings. The maximum atomic E-state index is 12.3. The van der Waals surface area contributed by atoms with E-state index in [1.165, 1.54) is 4.90 Å². The van der Waals surface area contributed by atoms with Crippen molar-refractivity contribution in [1.82, 2.24) is 14.7 Å². The van der Waals surface area contributed by atoms with Crippen LogP contribution in [0.15, 0.2) is 12.3 Å². The predicted octanol–water partition coefficient (Wildman–Crippen LogP) is 1.15. The van der Waals surface area contributed by atoms with E-state index < -0.39 is 6.04 Å². The van der Waals surface area contributed by atoms with E-state index >= 15 is 0 Å². The fourth-order valence-electron chi connectivity index (χ4n) is 2.47. The van der Waals surface area contributed by atoms with Crippen LogP contribution in [-0.2, 0) is 16.6 Å². The van der Waals surface area contributed by atoms with Crippen LogP contribution in [-0.4, -0.2) is 38.6 Å². The summed E-state index contributed by atoms with van der Waals surface area (Å²) in [5.41, 5.74) is 0. The standard InChI is InChI=1S/C13H20N4O2/c1-4-9(5-2)17-12(18)8-10(13(17)19)14-11-6-7-16(3)15-11/h6-7,9-10H,4-5,8H2,1-3H3,(H,14,15). The lowest BCUT2D eigenvalue weighted by molar-refractivity contribution is -0.141. The van der Waals surface area contributed by atoms with Gasteiger partial charge in [-0.2, -0.15) is 5.10 Å². The topological polar surface area (TPSA) is 67.2 Å². The average Bonchev–Trinajstić information content (AvgIpc) is 2.89. The molecule has 2 rings (SSSR count). The first-order valence-corrected chi connectivity index (χ1v) is 6.68. The van der Waals surface area contributed by atoms with E-state index in [0.717, 1.165) is 12.8 Å². The number of aromatic nitrogens is 2. The van der Waals surface area contributed by atoms with Crippen LogP contribution in [0.5, 0.6) is 0 Å². The Bertz CT molecular complexity index is 479. The summed E-state index contributed by atoms with van der Waals surface area (Å²) in [5.74, 6) is 0.400. The van der Waals surface area contributed by atoms with Crippen molar-refractivity contribution in [3.8, 4) is 0 Å². The fraction of sp³-hybridized carbons (Fsp3) is 0.615. The molecular weight excluding hydrogens is 244 g/mol. The molecule has 0 spiro atoms. The lowest BCUT2D eigenvalue weighted by Crippen LogP contribution is -2.41. The molecule has 0 saturated carbocycles. The Labute approximate surface area is 112 Å². The molecule has 1 atom stereocenters. The fourth-order valence-corrected chi connectivity index (χ4v) is 2.47. The first-order valence-electron chi connectivity index (χ1n) is 6.68. The second kappa shape index (κ2) is 5.42. The summed E-state index contributed by atoms with van der Waals surface area (Å²) in [6.07, 6.45) is 3.60. The van der Waals surface area contributed by atoms with Gasteiger partial charge in [0, 0.05) is 25.4 Å². The van der Waals surface area contributed by atoms with Crippen molar-refractivity contribution < 1.29 is 9.59 Å². The van der Waals surface area contributed by atoms with Crippen molar-refractivity contribution in [3.05, 3.63) is 12.3 Å². The smallest absolute Gasteiger partial charge is 0.252 e. The van der Waals surface area contributed by atoms with Gasteiger partial charge in [-0.1, -0.05) is 13.8 Å². The van der Waals surface area contributed by atoms with Crippen molar-refractivity contribution >= 4 is 17.6 Å². The third kappa shape index (κ3) is 2.62. The Kier molecular flexibility index (Phi) is 3.87. The lowest BCUT2D eigenvalue weighted by atomic mass is 10.1. The molecule has 6 nitrogen and oxygen atoms in total. The second-order valence-corrected chi connectivity index (χ2v) is 4.85. The van der Waals surface area contributed by atoms with Gasteiger partial charge in [0.15, 0.2) is 0 Å². The molecule has 1 saturated heterocycles. The van der Waals surface area contributed by atoms with E-state index in [-0.39, 0.29) is 24.3 Å². The quantitative estimate of drug-likeness (QED) is 0.810. The van der Waals surface area contributed by atoms with Gasteiger partial charge in [-0.05, 0) is 12.8 Å². The monoisotopic (exact) mass is 264 g/mol. The Balaban J connectivity index is 2.09. The molecule has 1 N–H and O–H groups in total. The van der Waals surface area contributed by atoms with Crippen LogP contribution in [0, 0.1) is 0 Å². The van der Waals surface area contributed by atoms with Gasteiger partial charge in [-0.25, -0.2) is 0 Å².